The Bertz CT molecular complexity index is 1820. The van der Waals surface area contributed by atoms with Crippen molar-refractivity contribution in [1.29, 1.82) is 0 Å². The lowest BCUT2D eigenvalue weighted by atomic mass is 10.0. The zero-order chi connectivity index (χ0) is 30.2. The first-order chi connectivity index (χ1) is 20.0. The molecular weight excluding hydrogens is 600 g/mol. The largest absolute Gasteiger partial charge is 0.447 e. The summed E-state index contributed by atoms with van der Waals surface area (Å²) in [5, 5.41) is 6.66. The van der Waals surface area contributed by atoms with Crippen molar-refractivity contribution in [3.63, 3.8) is 0 Å². The van der Waals surface area contributed by atoms with Crippen molar-refractivity contribution in [1.82, 2.24) is 19.4 Å². The van der Waals surface area contributed by atoms with Gasteiger partial charge in [-0.05, 0) is 56.0 Å². The number of nitrogen functional groups attached to an aromatic ring is 1. The van der Waals surface area contributed by atoms with Gasteiger partial charge in [0.2, 0.25) is 10.0 Å². The first-order valence-electron chi connectivity index (χ1n) is 13.5. The van der Waals surface area contributed by atoms with Crippen LogP contribution in [0.3, 0.4) is 0 Å². The highest BCUT2D eigenvalue weighted by Crippen LogP contribution is 2.35. The SMILES string of the molecule is CCc1nc2cc(-c3nc(C)c(S(N)(=O)=O)s3)c(N)cc2c(=O)n1Cc1ccc(Cl)cc1.O=C1OCC2CCCCN12. The first kappa shape index (κ1) is 30.0. The molecular formula is C28H31ClN6O5S2. The molecule has 0 spiro atoms. The number of carbonyl (C=O) groups excluding carboxylic acids is 1. The third-order valence-electron chi connectivity index (χ3n) is 7.28. The summed E-state index contributed by atoms with van der Waals surface area (Å²) >= 11 is 6.90. The number of anilines is 1. The number of nitrogens with two attached hydrogens (primary N) is 2. The molecule has 222 valence electrons. The molecule has 0 aliphatic carbocycles. The van der Waals surface area contributed by atoms with Crippen LogP contribution in [0, 0.1) is 6.92 Å². The van der Waals surface area contributed by atoms with Crippen LogP contribution in [0.5, 0.6) is 0 Å². The van der Waals surface area contributed by atoms with Gasteiger partial charge in [-0.1, -0.05) is 30.7 Å². The van der Waals surface area contributed by atoms with Crippen LogP contribution in [0.25, 0.3) is 21.5 Å². The molecule has 14 heteroatoms. The molecule has 4 aromatic rings. The van der Waals surface area contributed by atoms with Crippen LogP contribution >= 0.6 is 22.9 Å². The van der Waals surface area contributed by atoms with Crippen LogP contribution < -0.4 is 16.4 Å². The maximum Gasteiger partial charge on any atom is 0.410 e. The van der Waals surface area contributed by atoms with Crippen molar-refractivity contribution in [3.8, 4) is 10.6 Å². The quantitative estimate of drug-likeness (QED) is 0.308. The molecule has 0 radical (unpaired) electrons. The van der Waals surface area contributed by atoms with Gasteiger partial charge in [-0.25, -0.2) is 28.3 Å². The summed E-state index contributed by atoms with van der Waals surface area (Å²) in [6, 6.07) is 10.9. The van der Waals surface area contributed by atoms with Gasteiger partial charge in [0, 0.05) is 29.2 Å². The Hall–Kier alpha value is -3.52. The highest BCUT2D eigenvalue weighted by Gasteiger charge is 2.34. The number of halogens is 1. The normalized spacial score (nSPS) is 16.6. The van der Waals surface area contributed by atoms with Gasteiger partial charge in [-0.2, -0.15) is 0 Å². The smallest absolute Gasteiger partial charge is 0.410 e. The van der Waals surface area contributed by atoms with Gasteiger partial charge in [-0.3, -0.25) is 9.36 Å². The van der Waals surface area contributed by atoms with E-state index in [1.54, 1.807) is 35.8 Å². The molecule has 2 saturated heterocycles. The molecule has 2 aliphatic heterocycles. The number of rotatable bonds is 5. The topological polar surface area (TPSA) is 164 Å². The number of aryl methyl sites for hydroxylation is 2. The summed E-state index contributed by atoms with van der Waals surface area (Å²) in [5.41, 5.74) is 8.52. The Balaban J connectivity index is 0.000000295. The molecule has 11 nitrogen and oxygen atoms in total. The zero-order valence-electron chi connectivity index (χ0n) is 23.2. The number of nitrogens with zero attached hydrogens (tertiary/aromatic N) is 4. The number of hydrogen-bond acceptors (Lipinski definition) is 9. The van der Waals surface area contributed by atoms with Crippen molar-refractivity contribution in [2.24, 2.45) is 5.14 Å². The third kappa shape index (κ3) is 6.14. The number of carbonyl (C=O) groups is 1. The van der Waals surface area contributed by atoms with Gasteiger partial charge in [-0.15, -0.1) is 11.3 Å². The Morgan fingerprint density at radius 1 is 1.14 bits per heavy atom. The Kier molecular flexibility index (Phi) is 8.56. The van der Waals surface area contributed by atoms with Crippen LogP contribution in [-0.4, -0.2) is 53.1 Å². The van der Waals surface area contributed by atoms with Gasteiger partial charge < -0.3 is 15.4 Å². The number of ether oxygens (including phenoxy) is 1. The Labute approximate surface area is 252 Å². The van der Waals surface area contributed by atoms with E-state index in [-0.39, 0.29) is 15.9 Å². The summed E-state index contributed by atoms with van der Waals surface area (Å²) in [7, 11) is -3.89. The zero-order valence-corrected chi connectivity index (χ0v) is 25.6. The second kappa shape index (κ2) is 12.0. The number of aromatic nitrogens is 3. The summed E-state index contributed by atoms with van der Waals surface area (Å²) < 4.78 is 30.1. The predicted molar refractivity (Wildman–Crippen MR) is 163 cm³/mol. The summed E-state index contributed by atoms with van der Waals surface area (Å²) in [6.07, 6.45) is 3.96. The maximum absolute atomic E-state index is 13.3. The number of amides is 1. The van der Waals surface area contributed by atoms with Crippen LogP contribution in [0.1, 0.15) is 43.3 Å². The Morgan fingerprint density at radius 3 is 2.52 bits per heavy atom. The molecule has 4 heterocycles. The van der Waals surface area contributed by atoms with E-state index >= 15 is 0 Å². The molecule has 0 bridgehead atoms. The highest BCUT2D eigenvalue weighted by atomic mass is 35.5. The number of piperidine rings is 1. The number of fused-ring (bicyclic) bond motifs is 2. The van der Waals surface area contributed by atoms with Crippen LogP contribution in [-0.2, 0) is 27.7 Å². The molecule has 1 unspecified atom stereocenters. The van der Waals surface area contributed by atoms with Gasteiger partial charge in [0.25, 0.3) is 5.56 Å². The second-order valence-electron chi connectivity index (χ2n) is 10.2. The molecule has 2 aromatic carbocycles. The fraction of sp³-hybridized carbons (Fsp3) is 0.357. The Morgan fingerprint density at radius 2 is 1.88 bits per heavy atom. The van der Waals surface area contributed by atoms with Crippen molar-refractivity contribution >= 4 is 55.6 Å². The van der Waals surface area contributed by atoms with E-state index in [1.165, 1.54) is 6.42 Å². The van der Waals surface area contributed by atoms with Crippen LogP contribution in [0.2, 0.25) is 5.02 Å². The predicted octanol–water partition coefficient (Wildman–Crippen LogP) is 4.31. The van der Waals surface area contributed by atoms with Crippen molar-refractivity contribution in [2.75, 3.05) is 18.9 Å². The minimum absolute atomic E-state index is 0.0208. The van der Waals surface area contributed by atoms with Gasteiger partial charge in [0.15, 0.2) is 4.21 Å². The third-order valence-corrected chi connectivity index (χ3v) is 10.3. The van der Waals surface area contributed by atoms with E-state index in [0.717, 1.165) is 36.3 Å². The minimum atomic E-state index is -3.89. The number of thiazole rings is 1. The minimum Gasteiger partial charge on any atom is -0.447 e. The van der Waals surface area contributed by atoms with E-state index in [4.69, 9.17) is 27.2 Å². The molecule has 2 aromatic heterocycles. The monoisotopic (exact) mass is 630 g/mol. The average molecular weight is 631 g/mol. The van der Waals surface area contributed by atoms with Gasteiger partial charge in [0.1, 0.15) is 17.4 Å². The lowest BCUT2D eigenvalue weighted by molar-refractivity contribution is 0.154. The molecule has 6 rings (SSSR count). The molecule has 2 fully saturated rings. The van der Waals surface area contributed by atoms with E-state index in [1.807, 2.05) is 24.0 Å². The number of hydrogen-bond donors (Lipinski definition) is 2. The summed E-state index contributed by atoms with van der Waals surface area (Å²) in [4.78, 5) is 35.1. The van der Waals surface area contributed by atoms with Crippen molar-refractivity contribution in [2.45, 2.75) is 56.3 Å². The fourth-order valence-corrected chi connectivity index (χ4v) is 7.27. The maximum atomic E-state index is 13.3. The number of cyclic esters (lactones) is 1. The summed E-state index contributed by atoms with van der Waals surface area (Å²) in [5.74, 6) is 0.619. The second-order valence-corrected chi connectivity index (χ2v) is 13.4. The lowest BCUT2D eigenvalue weighted by Crippen LogP contribution is -2.37. The standard InChI is InChI=1S/C21H20ClN5O3S2.C7H11NO2/c1-3-18-26-17-9-14(19-25-11(2)21(31-19)32(24,29)30)16(23)8-15(17)20(28)27(18)10-12-4-6-13(22)7-5-12;9-7-8-4-2-1-3-6(8)5-10-7/h4-9H,3,10,23H2,1-2H3,(H2,24,29,30);6H,1-5H2. The van der Waals surface area contributed by atoms with E-state index in [9.17, 15) is 18.0 Å². The van der Waals surface area contributed by atoms with E-state index in [2.05, 4.69) is 9.97 Å². The van der Waals surface area contributed by atoms with Crippen molar-refractivity contribution in [3.05, 3.63) is 68.9 Å². The van der Waals surface area contributed by atoms with Crippen LogP contribution in [0.15, 0.2) is 45.4 Å². The average Bonchev–Trinajstić information content (AvgIpc) is 3.54. The molecule has 2 aliphatic rings. The van der Waals surface area contributed by atoms with E-state index < -0.39 is 10.0 Å². The highest BCUT2D eigenvalue weighted by molar-refractivity contribution is 7.91. The molecule has 1 atom stereocenters. The van der Waals surface area contributed by atoms with Gasteiger partial charge in [0.05, 0.1) is 29.2 Å². The number of benzene rings is 2. The number of sulfonamides is 1. The molecule has 0 saturated carbocycles. The molecule has 1 amide bonds. The summed E-state index contributed by atoms with van der Waals surface area (Å²) in [6.45, 7) is 5.38. The van der Waals surface area contributed by atoms with E-state index in [0.29, 0.717) is 69.3 Å². The molecule has 42 heavy (non-hydrogen) atoms. The fourth-order valence-electron chi connectivity index (χ4n) is 5.15. The number of primary sulfonamides is 1. The van der Waals surface area contributed by atoms with Crippen molar-refractivity contribution < 1.29 is 17.9 Å². The lowest BCUT2D eigenvalue weighted by Gasteiger charge is -2.25. The molecule has 4 N–H and O–H groups in total. The van der Waals surface area contributed by atoms with Crippen LogP contribution in [0.4, 0.5) is 10.5 Å². The first-order valence-corrected chi connectivity index (χ1v) is 16.2. The van der Waals surface area contributed by atoms with Gasteiger partial charge >= 0.3 is 6.09 Å².